The minimum absolute atomic E-state index is 0.673. The molecular formula is C18H21N5OS. The van der Waals surface area contributed by atoms with Crippen LogP contribution in [-0.2, 0) is 4.74 Å². The van der Waals surface area contributed by atoms with Crippen LogP contribution in [0.15, 0.2) is 36.7 Å². The molecule has 1 aliphatic rings. The Morgan fingerprint density at radius 2 is 1.92 bits per heavy atom. The number of rotatable bonds is 6. The number of hydrogen-bond acceptors (Lipinski definition) is 7. The summed E-state index contributed by atoms with van der Waals surface area (Å²) in [4.78, 5) is 15.9. The highest BCUT2D eigenvalue weighted by Crippen LogP contribution is 2.29. The number of aromatic nitrogens is 3. The largest absolute Gasteiger partial charge is 0.379 e. The fourth-order valence-electron chi connectivity index (χ4n) is 2.85. The van der Waals surface area contributed by atoms with Gasteiger partial charge >= 0.3 is 0 Å². The minimum atomic E-state index is 0.673. The van der Waals surface area contributed by atoms with Gasteiger partial charge < -0.3 is 10.1 Å². The van der Waals surface area contributed by atoms with E-state index in [2.05, 4.69) is 31.2 Å². The maximum atomic E-state index is 5.36. The maximum absolute atomic E-state index is 5.36. The molecule has 1 fully saturated rings. The van der Waals surface area contributed by atoms with Crippen LogP contribution in [0.1, 0.15) is 6.42 Å². The Kier molecular flexibility index (Phi) is 5.15. The van der Waals surface area contributed by atoms with Crippen LogP contribution in [0.5, 0.6) is 0 Å². The average Bonchev–Trinajstić information content (AvgIpc) is 3.11. The predicted octanol–water partition coefficient (Wildman–Crippen LogP) is 2.89. The van der Waals surface area contributed by atoms with E-state index in [4.69, 9.17) is 4.74 Å². The van der Waals surface area contributed by atoms with Gasteiger partial charge in [0, 0.05) is 37.6 Å². The first kappa shape index (κ1) is 16.4. The van der Waals surface area contributed by atoms with Crippen molar-refractivity contribution in [1.82, 2.24) is 19.9 Å². The van der Waals surface area contributed by atoms with E-state index in [-0.39, 0.29) is 0 Å². The zero-order chi connectivity index (χ0) is 16.9. The summed E-state index contributed by atoms with van der Waals surface area (Å²) in [5, 5.41) is 4.25. The van der Waals surface area contributed by atoms with Crippen LogP contribution < -0.4 is 5.32 Å². The third-order valence-corrected chi connectivity index (χ3v) is 5.32. The van der Waals surface area contributed by atoms with Gasteiger partial charge in [-0.05, 0) is 25.1 Å². The van der Waals surface area contributed by atoms with Crippen molar-refractivity contribution < 1.29 is 4.74 Å². The number of benzene rings is 1. The van der Waals surface area contributed by atoms with Crippen LogP contribution >= 0.6 is 11.3 Å². The van der Waals surface area contributed by atoms with Crippen LogP contribution in [0.2, 0.25) is 0 Å². The van der Waals surface area contributed by atoms with Crippen LogP contribution in [0.3, 0.4) is 0 Å². The summed E-state index contributed by atoms with van der Waals surface area (Å²) < 4.78 is 6.54. The Labute approximate surface area is 150 Å². The zero-order valence-corrected chi connectivity index (χ0v) is 14.8. The molecule has 25 heavy (non-hydrogen) atoms. The first-order valence-corrected chi connectivity index (χ1v) is 9.42. The molecule has 0 spiro atoms. The summed E-state index contributed by atoms with van der Waals surface area (Å²) in [6, 6.07) is 8.15. The molecule has 3 heterocycles. The van der Waals surface area contributed by atoms with E-state index in [0.29, 0.717) is 5.95 Å². The fourth-order valence-corrected chi connectivity index (χ4v) is 3.79. The molecule has 0 unspecified atom stereocenters. The molecule has 7 heteroatoms. The van der Waals surface area contributed by atoms with Gasteiger partial charge in [0.15, 0.2) is 0 Å². The van der Waals surface area contributed by atoms with Crippen molar-refractivity contribution in [3.05, 3.63) is 36.7 Å². The lowest BCUT2D eigenvalue weighted by atomic mass is 10.3. The molecule has 0 radical (unpaired) electrons. The monoisotopic (exact) mass is 355 g/mol. The Bertz CT molecular complexity index is 781. The maximum Gasteiger partial charge on any atom is 0.222 e. The molecular weight excluding hydrogens is 334 g/mol. The lowest BCUT2D eigenvalue weighted by molar-refractivity contribution is 0.0378. The van der Waals surface area contributed by atoms with Crippen LogP contribution in [-0.4, -0.2) is 59.2 Å². The highest BCUT2D eigenvalue weighted by atomic mass is 32.1. The van der Waals surface area contributed by atoms with E-state index in [1.807, 2.05) is 30.6 Å². The number of nitrogens with one attached hydrogen (secondary N) is 1. The molecule has 0 aliphatic carbocycles. The Morgan fingerprint density at radius 3 is 2.72 bits per heavy atom. The van der Waals surface area contributed by atoms with Crippen molar-refractivity contribution in [3.63, 3.8) is 0 Å². The summed E-state index contributed by atoms with van der Waals surface area (Å²) in [7, 11) is 0. The number of thiazole rings is 1. The average molecular weight is 355 g/mol. The summed E-state index contributed by atoms with van der Waals surface area (Å²) >= 11 is 1.67. The first-order valence-electron chi connectivity index (χ1n) is 8.60. The summed E-state index contributed by atoms with van der Waals surface area (Å²) in [6.07, 6.45) is 4.76. The standard InChI is InChI=1S/C18H21N5OS/c1-2-5-16-15(4-1)22-17(25-16)14-12-20-18(21-13-14)19-6-3-7-23-8-10-24-11-9-23/h1-2,4-5,12-13H,3,6-11H2,(H,19,20,21). The van der Waals surface area contributed by atoms with Crippen molar-refractivity contribution >= 4 is 27.5 Å². The second kappa shape index (κ2) is 7.86. The minimum Gasteiger partial charge on any atom is -0.379 e. The van der Waals surface area contributed by atoms with Crippen molar-refractivity contribution in [2.75, 3.05) is 44.7 Å². The van der Waals surface area contributed by atoms with Gasteiger partial charge in [-0.25, -0.2) is 15.0 Å². The van der Waals surface area contributed by atoms with E-state index >= 15 is 0 Å². The molecule has 0 bridgehead atoms. The van der Waals surface area contributed by atoms with Crippen LogP contribution in [0.25, 0.3) is 20.8 Å². The van der Waals surface area contributed by atoms with E-state index in [1.54, 1.807) is 11.3 Å². The lowest BCUT2D eigenvalue weighted by Crippen LogP contribution is -2.37. The van der Waals surface area contributed by atoms with Gasteiger partial charge in [-0.1, -0.05) is 12.1 Å². The summed E-state index contributed by atoms with van der Waals surface area (Å²) in [5.74, 6) is 0.673. The first-order chi connectivity index (χ1) is 12.4. The van der Waals surface area contributed by atoms with Crippen molar-refractivity contribution in [2.24, 2.45) is 0 Å². The molecule has 0 amide bonds. The number of anilines is 1. The number of para-hydroxylation sites is 1. The van der Waals surface area contributed by atoms with Crippen molar-refractivity contribution in [3.8, 4) is 10.6 Å². The third kappa shape index (κ3) is 4.12. The fraction of sp³-hybridized carbons (Fsp3) is 0.389. The number of fused-ring (bicyclic) bond motifs is 1. The smallest absolute Gasteiger partial charge is 0.222 e. The van der Waals surface area contributed by atoms with Crippen LogP contribution in [0.4, 0.5) is 5.95 Å². The summed E-state index contributed by atoms with van der Waals surface area (Å²) in [6.45, 7) is 5.73. The number of nitrogens with zero attached hydrogens (tertiary/aromatic N) is 4. The van der Waals surface area contributed by atoms with E-state index in [0.717, 1.165) is 61.9 Å². The predicted molar refractivity (Wildman–Crippen MR) is 101 cm³/mol. The van der Waals surface area contributed by atoms with Gasteiger partial charge in [0.25, 0.3) is 0 Å². The molecule has 0 atom stereocenters. The molecule has 1 N–H and O–H groups in total. The van der Waals surface area contributed by atoms with Gasteiger partial charge in [-0.2, -0.15) is 0 Å². The quantitative estimate of drug-likeness (QED) is 0.686. The van der Waals surface area contributed by atoms with Crippen molar-refractivity contribution in [1.29, 1.82) is 0 Å². The Hall–Kier alpha value is -2.09. The number of ether oxygens (including phenoxy) is 1. The van der Waals surface area contributed by atoms with Gasteiger partial charge in [0.05, 0.1) is 23.4 Å². The molecule has 1 aliphatic heterocycles. The van der Waals surface area contributed by atoms with Gasteiger partial charge in [-0.3, -0.25) is 4.90 Å². The van der Waals surface area contributed by atoms with E-state index < -0.39 is 0 Å². The lowest BCUT2D eigenvalue weighted by Gasteiger charge is -2.26. The SMILES string of the molecule is c1ccc2sc(-c3cnc(NCCCN4CCOCC4)nc3)nc2c1. The molecule has 1 saturated heterocycles. The van der Waals surface area contributed by atoms with E-state index in [1.165, 1.54) is 4.70 Å². The van der Waals surface area contributed by atoms with Crippen molar-refractivity contribution in [2.45, 2.75) is 6.42 Å². The van der Waals surface area contributed by atoms with Gasteiger partial charge in [0.1, 0.15) is 5.01 Å². The topological polar surface area (TPSA) is 63.2 Å². The highest BCUT2D eigenvalue weighted by Gasteiger charge is 2.10. The number of hydrogen-bond donors (Lipinski definition) is 1. The molecule has 0 saturated carbocycles. The molecule has 130 valence electrons. The normalized spacial score (nSPS) is 15.5. The molecule has 1 aromatic carbocycles. The van der Waals surface area contributed by atoms with Gasteiger partial charge in [0.2, 0.25) is 5.95 Å². The second-order valence-corrected chi connectivity index (χ2v) is 7.05. The molecule has 4 rings (SSSR count). The molecule has 6 nitrogen and oxygen atoms in total. The Morgan fingerprint density at radius 1 is 1.12 bits per heavy atom. The van der Waals surface area contributed by atoms with E-state index in [9.17, 15) is 0 Å². The molecule has 2 aromatic heterocycles. The third-order valence-electron chi connectivity index (χ3n) is 4.23. The Balaban J connectivity index is 1.30. The van der Waals surface area contributed by atoms with Crippen LogP contribution in [0, 0.1) is 0 Å². The zero-order valence-electron chi connectivity index (χ0n) is 14.0. The second-order valence-electron chi connectivity index (χ2n) is 6.02. The highest BCUT2D eigenvalue weighted by molar-refractivity contribution is 7.21. The molecule has 3 aromatic rings. The van der Waals surface area contributed by atoms with Gasteiger partial charge in [-0.15, -0.1) is 11.3 Å². The summed E-state index contributed by atoms with van der Waals surface area (Å²) in [5.41, 5.74) is 1.98. The number of morpholine rings is 1.